The summed E-state index contributed by atoms with van der Waals surface area (Å²) < 4.78 is 25.3. The van der Waals surface area contributed by atoms with Gasteiger partial charge < -0.3 is 5.11 Å². The van der Waals surface area contributed by atoms with E-state index in [0.29, 0.717) is 19.5 Å². The fourth-order valence-electron chi connectivity index (χ4n) is 2.06. The van der Waals surface area contributed by atoms with Crippen molar-refractivity contribution < 1.29 is 13.5 Å². The SMILES string of the molecule is CCN1CCN(S(=O)(=O)CCCO)CC1C. The summed E-state index contributed by atoms with van der Waals surface area (Å²) in [7, 11) is -3.16. The highest BCUT2D eigenvalue weighted by molar-refractivity contribution is 7.89. The molecule has 0 aromatic carbocycles. The minimum Gasteiger partial charge on any atom is -0.396 e. The highest BCUT2D eigenvalue weighted by atomic mass is 32.2. The molecule has 0 spiro atoms. The van der Waals surface area contributed by atoms with Crippen molar-refractivity contribution in [3.05, 3.63) is 0 Å². The molecule has 1 unspecified atom stereocenters. The normalized spacial score (nSPS) is 24.8. The topological polar surface area (TPSA) is 60.9 Å². The predicted molar refractivity (Wildman–Crippen MR) is 63.8 cm³/mol. The summed E-state index contributed by atoms with van der Waals surface area (Å²) in [6, 6.07) is 0.280. The van der Waals surface area contributed by atoms with Crippen molar-refractivity contribution in [2.45, 2.75) is 26.3 Å². The monoisotopic (exact) mass is 250 g/mol. The molecule has 0 bridgehead atoms. The number of sulfonamides is 1. The molecule has 0 radical (unpaired) electrons. The zero-order valence-electron chi connectivity index (χ0n) is 10.1. The smallest absolute Gasteiger partial charge is 0.214 e. The maximum absolute atomic E-state index is 11.9. The fraction of sp³-hybridized carbons (Fsp3) is 1.00. The van der Waals surface area contributed by atoms with Gasteiger partial charge in [-0.1, -0.05) is 6.92 Å². The van der Waals surface area contributed by atoms with E-state index >= 15 is 0 Å². The summed E-state index contributed by atoms with van der Waals surface area (Å²) >= 11 is 0. The van der Waals surface area contributed by atoms with Crippen molar-refractivity contribution in [1.82, 2.24) is 9.21 Å². The molecule has 1 atom stereocenters. The molecule has 1 aliphatic heterocycles. The average Bonchev–Trinajstić information content (AvgIpc) is 2.26. The maximum atomic E-state index is 11.9. The van der Waals surface area contributed by atoms with Crippen LogP contribution >= 0.6 is 0 Å². The lowest BCUT2D eigenvalue weighted by atomic mass is 10.2. The van der Waals surface area contributed by atoms with E-state index < -0.39 is 10.0 Å². The van der Waals surface area contributed by atoms with Crippen molar-refractivity contribution in [1.29, 1.82) is 0 Å². The zero-order valence-corrected chi connectivity index (χ0v) is 10.9. The first-order valence-electron chi connectivity index (χ1n) is 5.84. The van der Waals surface area contributed by atoms with Crippen LogP contribution < -0.4 is 0 Å². The number of aliphatic hydroxyl groups excluding tert-OH is 1. The molecule has 0 aromatic rings. The van der Waals surface area contributed by atoms with Gasteiger partial charge in [0, 0.05) is 32.3 Å². The zero-order chi connectivity index (χ0) is 12.2. The second-order valence-electron chi connectivity index (χ2n) is 4.23. The minimum absolute atomic E-state index is 0.0579. The quantitative estimate of drug-likeness (QED) is 0.729. The first-order chi connectivity index (χ1) is 7.51. The Hall–Kier alpha value is -0.170. The van der Waals surface area contributed by atoms with Crippen LogP contribution in [-0.4, -0.2) is 67.3 Å². The molecule has 1 rings (SSSR count). The summed E-state index contributed by atoms with van der Waals surface area (Å²) in [5.74, 6) is 0.0579. The second-order valence-corrected chi connectivity index (χ2v) is 6.32. The van der Waals surface area contributed by atoms with Gasteiger partial charge in [-0.3, -0.25) is 4.90 Å². The summed E-state index contributed by atoms with van der Waals surface area (Å²) in [5.41, 5.74) is 0. The van der Waals surface area contributed by atoms with Crippen LogP contribution in [0.1, 0.15) is 20.3 Å². The number of hydrogen-bond donors (Lipinski definition) is 1. The summed E-state index contributed by atoms with van der Waals surface area (Å²) in [4.78, 5) is 2.28. The fourth-order valence-corrected chi connectivity index (χ4v) is 3.62. The van der Waals surface area contributed by atoms with E-state index in [-0.39, 0.29) is 18.4 Å². The van der Waals surface area contributed by atoms with Crippen molar-refractivity contribution >= 4 is 10.0 Å². The highest BCUT2D eigenvalue weighted by Crippen LogP contribution is 2.13. The van der Waals surface area contributed by atoms with Gasteiger partial charge in [0.1, 0.15) is 0 Å². The Bertz CT molecular complexity index is 305. The average molecular weight is 250 g/mol. The number of piperazine rings is 1. The van der Waals surface area contributed by atoms with Gasteiger partial charge in [-0.25, -0.2) is 8.42 Å². The Morgan fingerprint density at radius 2 is 2.06 bits per heavy atom. The number of nitrogens with zero attached hydrogens (tertiary/aromatic N) is 2. The molecule has 1 heterocycles. The molecular formula is C10H22N2O3S. The van der Waals surface area contributed by atoms with Crippen LogP contribution in [0.4, 0.5) is 0 Å². The Labute approximate surface area is 98.1 Å². The first-order valence-corrected chi connectivity index (χ1v) is 7.45. The van der Waals surface area contributed by atoms with E-state index in [2.05, 4.69) is 18.7 Å². The molecule has 1 saturated heterocycles. The van der Waals surface area contributed by atoms with Crippen LogP contribution in [0.5, 0.6) is 0 Å². The van der Waals surface area contributed by atoms with Gasteiger partial charge in [0.05, 0.1) is 5.75 Å². The first kappa shape index (κ1) is 13.9. The van der Waals surface area contributed by atoms with Gasteiger partial charge >= 0.3 is 0 Å². The van der Waals surface area contributed by atoms with Crippen LogP contribution in [0.25, 0.3) is 0 Å². The van der Waals surface area contributed by atoms with Crippen molar-refractivity contribution in [3.63, 3.8) is 0 Å². The molecule has 5 nitrogen and oxygen atoms in total. The molecular weight excluding hydrogens is 228 g/mol. The van der Waals surface area contributed by atoms with Crippen LogP contribution in [0, 0.1) is 0 Å². The third-order valence-electron chi connectivity index (χ3n) is 3.09. The van der Waals surface area contributed by atoms with Gasteiger partial charge in [-0.15, -0.1) is 0 Å². The largest absolute Gasteiger partial charge is 0.396 e. The van der Waals surface area contributed by atoms with Crippen molar-refractivity contribution in [3.8, 4) is 0 Å². The molecule has 6 heteroatoms. The van der Waals surface area contributed by atoms with E-state index in [4.69, 9.17) is 5.11 Å². The molecule has 96 valence electrons. The third-order valence-corrected chi connectivity index (χ3v) is 5.01. The maximum Gasteiger partial charge on any atom is 0.214 e. The van der Waals surface area contributed by atoms with Crippen LogP contribution in [-0.2, 0) is 10.0 Å². The lowest BCUT2D eigenvalue weighted by molar-refractivity contribution is 0.135. The Morgan fingerprint density at radius 1 is 1.38 bits per heavy atom. The Morgan fingerprint density at radius 3 is 2.56 bits per heavy atom. The number of aliphatic hydroxyl groups is 1. The van der Waals surface area contributed by atoms with Crippen LogP contribution in [0.15, 0.2) is 0 Å². The second kappa shape index (κ2) is 5.95. The van der Waals surface area contributed by atoms with Gasteiger partial charge in [-0.2, -0.15) is 4.31 Å². The van der Waals surface area contributed by atoms with Gasteiger partial charge in [0.15, 0.2) is 0 Å². The number of likely N-dealkylation sites (N-methyl/N-ethyl adjacent to an activating group) is 1. The molecule has 1 fully saturated rings. The molecule has 0 aromatic heterocycles. The van der Waals surface area contributed by atoms with Crippen LogP contribution in [0.2, 0.25) is 0 Å². The lowest BCUT2D eigenvalue weighted by Gasteiger charge is -2.38. The number of hydrogen-bond acceptors (Lipinski definition) is 4. The molecule has 1 N–H and O–H groups in total. The van der Waals surface area contributed by atoms with Crippen LogP contribution in [0.3, 0.4) is 0 Å². The Balaban J connectivity index is 2.56. The van der Waals surface area contributed by atoms with E-state index in [1.807, 2.05) is 0 Å². The summed E-state index contributed by atoms with van der Waals surface area (Å²) in [5, 5.41) is 8.67. The summed E-state index contributed by atoms with van der Waals surface area (Å²) in [6.07, 6.45) is 0.324. The minimum atomic E-state index is -3.16. The van der Waals surface area contributed by atoms with E-state index in [0.717, 1.165) is 13.1 Å². The van der Waals surface area contributed by atoms with Crippen molar-refractivity contribution in [2.24, 2.45) is 0 Å². The third kappa shape index (κ3) is 3.41. The lowest BCUT2D eigenvalue weighted by Crippen LogP contribution is -2.53. The molecule has 0 aliphatic carbocycles. The predicted octanol–water partition coefficient (Wildman–Crippen LogP) is -0.275. The number of rotatable bonds is 5. The van der Waals surface area contributed by atoms with E-state index in [1.165, 1.54) is 0 Å². The Kier molecular flexibility index (Phi) is 5.17. The highest BCUT2D eigenvalue weighted by Gasteiger charge is 2.29. The molecule has 1 aliphatic rings. The van der Waals surface area contributed by atoms with Gasteiger partial charge in [0.25, 0.3) is 0 Å². The van der Waals surface area contributed by atoms with E-state index in [1.54, 1.807) is 4.31 Å². The molecule has 0 saturated carbocycles. The molecule has 16 heavy (non-hydrogen) atoms. The van der Waals surface area contributed by atoms with Crippen molar-refractivity contribution in [2.75, 3.05) is 38.5 Å². The standard InChI is InChI=1S/C10H22N2O3S/c1-3-11-5-6-12(9-10(11)2)16(14,15)8-4-7-13/h10,13H,3-9H2,1-2H3. The summed E-state index contributed by atoms with van der Waals surface area (Å²) in [6.45, 7) is 6.99. The van der Waals surface area contributed by atoms with Gasteiger partial charge in [0.2, 0.25) is 10.0 Å². The molecule has 0 amide bonds. The van der Waals surface area contributed by atoms with Gasteiger partial charge in [-0.05, 0) is 19.9 Å². The van der Waals surface area contributed by atoms with E-state index in [9.17, 15) is 8.42 Å².